The molecular formula is C17H21BrOS. The summed E-state index contributed by atoms with van der Waals surface area (Å²) in [5, 5.41) is 2.07. The molecule has 2 aromatic rings. The van der Waals surface area contributed by atoms with Gasteiger partial charge in [-0.1, -0.05) is 61.0 Å². The Labute approximate surface area is 134 Å². The number of thiophene rings is 1. The zero-order valence-electron chi connectivity index (χ0n) is 12.4. The van der Waals surface area contributed by atoms with Crippen LogP contribution in [0.2, 0.25) is 0 Å². The van der Waals surface area contributed by atoms with Gasteiger partial charge < -0.3 is 4.74 Å². The van der Waals surface area contributed by atoms with Crippen molar-refractivity contribution in [3.63, 3.8) is 0 Å². The Kier molecular flexibility index (Phi) is 4.92. The minimum atomic E-state index is 0.191. The van der Waals surface area contributed by atoms with Crippen LogP contribution in [0, 0.1) is 0 Å². The van der Waals surface area contributed by atoms with Crippen molar-refractivity contribution in [2.24, 2.45) is 0 Å². The minimum absolute atomic E-state index is 0.191. The van der Waals surface area contributed by atoms with Gasteiger partial charge in [0.2, 0.25) is 0 Å². The van der Waals surface area contributed by atoms with Crippen molar-refractivity contribution in [1.82, 2.24) is 0 Å². The molecule has 108 valence electrons. The fourth-order valence-corrected chi connectivity index (χ4v) is 3.84. The highest BCUT2D eigenvalue weighted by atomic mass is 79.9. The van der Waals surface area contributed by atoms with Gasteiger partial charge in [-0.15, -0.1) is 11.3 Å². The number of benzene rings is 1. The van der Waals surface area contributed by atoms with Crippen LogP contribution < -0.4 is 4.74 Å². The number of halogens is 1. The Morgan fingerprint density at radius 1 is 1.20 bits per heavy atom. The van der Waals surface area contributed by atoms with E-state index in [0.29, 0.717) is 0 Å². The van der Waals surface area contributed by atoms with Crippen molar-refractivity contribution in [1.29, 1.82) is 0 Å². The third kappa shape index (κ3) is 3.09. The van der Waals surface area contributed by atoms with Gasteiger partial charge in [-0.05, 0) is 34.4 Å². The molecule has 1 aromatic carbocycles. The van der Waals surface area contributed by atoms with Crippen LogP contribution in [0.4, 0.5) is 0 Å². The lowest BCUT2D eigenvalue weighted by molar-refractivity contribution is 0.413. The number of alkyl halides is 1. The molecular weight excluding hydrogens is 332 g/mol. The van der Waals surface area contributed by atoms with E-state index in [1.54, 1.807) is 18.4 Å². The highest BCUT2D eigenvalue weighted by Gasteiger charge is 2.20. The molecule has 0 aliphatic carbocycles. The molecule has 0 aliphatic heterocycles. The van der Waals surface area contributed by atoms with Crippen molar-refractivity contribution in [2.45, 2.75) is 37.4 Å². The number of rotatable bonds is 5. The lowest BCUT2D eigenvalue weighted by Gasteiger charge is -2.23. The van der Waals surface area contributed by atoms with Gasteiger partial charge in [-0.3, -0.25) is 0 Å². The average Bonchev–Trinajstić information content (AvgIpc) is 2.95. The van der Waals surface area contributed by atoms with E-state index >= 15 is 0 Å². The van der Waals surface area contributed by atoms with E-state index in [1.165, 1.54) is 16.0 Å². The van der Waals surface area contributed by atoms with Crippen LogP contribution in [0.15, 0.2) is 35.7 Å². The van der Waals surface area contributed by atoms with Crippen LogP contribution in [0.1, 0.15) is 48.0 Å². The zero-order chi connectivity index (χ0) is 14.8. The summed E-state index contributed by atoms with van der Waals surface area (Å²) in [7, 11) is 1.72. The fraction of sp³-hybridized carbons (Fsp3) is 0.412. The first-order chi connectivity index (χ1) is 9.49. The monoisotopic (exact) mass is 352 g/mol. The van der Waals surface area contributed by atoms with Gasteiger partial charge in [0.1, 0.15) is 5.75 Å². The van der Waals surface area contributed by atoms with E-state index in [4.69, 9.17) is 4.74 Å². The van der Waals surface area contributed by atoms with Gasteiger partial charge in [0.25, 0.3) is 0 Å². The smallest absolute Gasteiger partial charge is 0.134 e. The standard InChI is InChI=1S/C17H21BrOS/c1-5-17(2,3)13-8-6-12(7-9-13)15(18)16-14(19-4)10-11-20-16/h6-11,15H,5H2,1-4H3. The maximum absolute atomic E-state index is 5.40. The molecule has 0 saturated carbocycles. The van der Waals surface area contributed by atoms with Crippen LogP contribution in [-0.2, 0) is 5.41 Å². The molecule has 0 saturated heterocycles. The largest absolute Gasteiger partial charge is 0.496 e. The molecule has 2 rings (SSSR count). The SMILES string of the molecule is CCC(C)(C)c1ccc(C(Br)c2sccc2OC)cc1. The molecule has 1 atom stereocenters. The van der Waals surface area contributed by atoms with E-state index in [9.17, 15) is 0 Å². The van der Waals surface area contributed by atoms with Crippen LogP contribution in [-0.4, -0.2) is 7.11 Å². The molecule has 20 heavy (non-hydrogen) atoms. The third-order valence-corrected chi connectivity index (χ3v) is 6.23. The van der Waals surface area contributed by atoms with Crippen molar-refractivity contribution >= 4 is 27.3 Å². The van der Waals surface area contributed by atoms with Crippen LogP contribution >= 0.6 is 27.3 Å². The molecule has 0 radical (unpaired) electrons. The molecule has 0 N–H and O–H groups in total. The lowest BCUT2D eigenvalue weighted by Crippen LogP contribution is -2.15. The van der Waals surface area contributed by atoms with E-state index in [-0.39, 0.29) is 10.2 Å². The van der Waals surface area contributed by atoms with Gasteiger partial charge >= 0.3 is 0 Å². The Hall–Kier alpha value is -0.800. The van der Waals surface area contributed by atoms with E-state index in [0.717, 1.165) is 12.2 Å². The molecule has 1 aromatic heterocycles. The van der Waals surface area contributed by atoms with Crippen molar-refractivity contribution in [2.75, 3.05) is 7.11 Å². The van der Waals surface area contributed by atoms with Crippen molar-refractivity contribution < 1.29 is 4.74 Å². The summed E-state index contributed by atoms with van der Waals surface area (Å²) in [6.45, 7) is 6.81. The molecule has 0 fully saturated rings. The Morgan fingerprint density at radius 3 is 2.40 bits per heavy atom. The number of hydrogen-bond donors (Lipinski definition) is 0. The maximum Gasteiger partial charge on any atom is 0.134 e. The topological polar surface area (TPSA) is 9.23 Å². The van der Waals surface area contributed by atoms with E-state index < -0.39 is 0 Å². The third-order valence-electron chi connectivity index (χ3n) is 3.98. The van der Waals surface area contributed by atoms with Gasteiger partial charge in [0.05, 0.1) is 16.8 Å². The summed E-state index contributed by atoms with van der Waals surface area (Å²) in [6.07, 6.45) is 1.14. The summed E-state index contributed by atoms with van der Waals surface area (Å²) in [4.78, 5) is 1.41. The first-order valence-corrected chi connectivity index (χ1v) is 8.65. The number of methoxy groups -OCH3 is 1. The molecule has 3 heteroatoms. The first-order valence-electron chi connectivity index (χ1n) is 6.85. The average molecular weight is 353 g/mol. The van der Waals surface area contributed by atoms with Gasteiger partial charge in [-0.2, -0.15) is 0 Å². The van der Waals surface area contributed by atoms with Crippen LogP contribution in [0.25, 0.3) is 0 Å². The molecule has 0 amide bonds. The summed E-state index contributed by atoms with van der Waals surface area (Å²) in [5.74, 6) is 0.954. The molecule has 1 unspecified atom stereocenters. The molecule has 1 nitrogen and oxygen atoms in total. The van der Waals surface area contributed by atoms with Gasteiger partial charge in [-0.25, -0.2) is 0 Å². The lowest BCUT2D eigenvalue weighted by atomic mass is 9.82. The quantitative estimate of drug-likeness (QED) is 0.606. The summed E-state index contributed by atoms with van der Waals surface area (Å²) in [6, 6.07) is 10.9. The summed E-state index contributed by atoms with van der Waals surface area (Å²) >= 11 is 5.51. The summed E-state index contributed by atoms with van der Waals surface area (Å²) < 4.78 is 5.40. The fourth-order valence-electron chi connectivity index (χ4n) is 2.12. The zero-order valence-corrected chi connectivity index (χ0v) is 14.8. The van der Waals surface area contributed by atoms with Crippen LogP contribution in [0.5, 0.6) is 5.75 Å². The molecule has 0 bridgehead atoms. The summed E-state index contributed by atoms with van der Waals surface area (Å²) in [5.41, 5.74) is 2.89. The Balaban J connectivity index is 2.26. The van der Waals surface area contributed by atoms with Crippen molar-refractivity contribution in [3.05, 3.63) is 51.7 Å². The highest BCUT2D eigenvalue weighted by molar-refractivity contribution is 9.09. The predicted octanol–water partition coefficient (Wildman–Crippen LogP) is 5.93. The normalized spacial score (nSPS) is 13.2. The number of ether oxygens (including phenoxy) is 1. The van der Waals surface area contributed by atoms with Gasteiger partial charge in [0.15, 0.2) is 0 Å². The maximum atomic E-state index is 5.40. The minimum Gasteiger partial charge on any atom is -0.496 e. The Morgan fingerprint density at radius 2 is 1.85 bits per heavy atom. The van der Waals surface area contributed by atoms with E-state index in [1.807, 2.05) is 6.07 Å². The molecule has 0 spiro atoms. The Bertz CT molecular complexity index is 557. The number of hydrogen-bond acceptors (Lipinski definition) is 2. The molecule has 1 heterocycles. The molecule has 0 aliphatic rings. The first kappa shape index (κ1) is 15.6. The predicted molar refractivity (Wildman–Crippen MR) is 91.4 cm³/mol. The van der Waals surface area contributed by atoms with Crippen LogP contribution in [0.3, 0.4) is 0 Å². The van der Waals surface area contributed by atoms with Gasteiger partial charge in [0, 0.05) is 0 Å². The van der Waals surface area contributed by atoms with E-state index in [2.05, 4.69) is 66.3 Å². The van der Waals surface area contributed by atoms with Crippen molar-refractivity contribution in [3.8, 4) is 5.75 Å². The second-order valence-electron chi connectivity index (χ2n) is 5.58. The second-order valence-corrected chi connectivity index (χ2v) is 7.44. The second kappa shape index (κ2) is 6.31. The highest BCUT2D eigenvalue weighted by Crippen LogP contribution is 2.40.